The molecule has 1 saturated carbocycles. The lowest BCUT2D eigenvalue weighted by atomic mass is 9.81. The molecule has 3 aliphatic rings. The van der Waals surface area contributed by atoms with E-state index in [0.717, 1.165) is 40.0 Å². The van der Waals surface area contributed by atoms with Gasteiger partial charge in [-0.25, -0.2) is 9.59 Å². The molecule has 1 aromatic rings. The summed E-state index contributed by atoms with van der Waals surface area (Å²) in [6.07, 6.45) is -4.90. The molecule has 1 aromatic carbocycles. The number of carbonyl (C=O) groups is 7. The highest BCUT2D eigenvalue weighted by Gasteiger charge is 2.58. The van der Waals surface area contributed by atoms with Crippen LogP contribution in [0.4, 0.5) is 0 Å². The van der Waals surface area contributed by atoms with E-state index in [9.17, 15) is 38.7 Å². The van der Waals surface area contributed by atoms with Crippen LogP contribution >= 0.6 is 0 Å². The van der Waals surface area contributed by atoms with Crippen LogP contribution in [0.2, 0.25) is 0 Å². The van der Waals surface area contributed by atoms with Crippen molar-refractivity contribution in [3.05, 3.63) is 41.7 Å². The number of fused-ring (bicyclic) bond motifs is 1. The molecule has 0 amide bonds. The summed E-state index contributed by atoms with van der Waals surface area (Å²) in [5.74, 6) is -7.02. The molecule has 18 heteroatoms. The number of carbonyl (C=O) groups excluding carboxylic acids is 7. The van der Waals surface area contributed by atoms with E-state index in [1.807, 2.05) is 0 Å². The molecule has 0 unspecified atom stereocenters. The Labute approximate surface area is 309 Å². The molecule has 0 radical (unpaired) electrons. The highest BCUT2D eigenvalue weighted by molar-refractivity contribution is 5.89. The van der Waals surface area contributed by atoms with Gasteiger partial charge in [0.2, 0.25) is 12.6 Å². The summed E-state index contributed by atoms with van der Waals surface area (Å²) in [6, 6.07) is 4.17. The normalized spacial score (nSPS) is 28.7. The van der Waals surface area contributed by atoms with Crippen LogP contribution in [0, 0.1) is 11.8 Å². The molecule has 9 atom stereocenters. The van der Waals surface area contributed by atoms with Crippen molar-refractivity contribution in [1.29, 1.82) is 0 Å². The molecular formula is C36H42O18. The molecule has 2 aliphatic heterocycles. The van der Waals surface area contributed by atoms with Gasteiger partial charge >= 0.3 is 41.8 Å². The van der Waals surface area contributed by atoms with Crippen molar-refractivity contribution in [3.63, 3.8) is 0 Å². The van der Waals surface area contributed by atoms with E-state index in [2.05, 4.69) is 0 Å². The lowest BCUT2D eigenvalue weighted by molar-refractivity contribution is -0.348. The molecular weight excluding hydrogens is 720 g/mol. The molecule has 54 heavy (non-hydrogen) atoms. The number of hydrogen-bond acceptors (Lipinski definition) is 18. The van der Waals surface area contributed by atoms with Crippen molar-refractivity contribution in [3.8, 4) is 11.5 Å². The summed E-state index contributed by atoms with van der Waals surface area (Å²) < 4.78 is 55.0. The van der Waals surface area contributed by atoms with Gasteiger partial charge in [0.1, 0.15) is 12.7 Å². The third-order valence-corrected chi connectivity index (χ3v) is 8.60. The number of hydrogen-bond donors (Lipinski definition) is 1. The topological polar surface area (TPSA) is 232 Å². The van der Waals surface area contributed by atoms with Crippen LogP contribution in [-0.4, -0.2) is 103 Å². The molecule has 4 rings (SSSR count). The number of aliphatic hydroxyl groups is 1. The van der Waals surface area contributed by atoms with Crippen LogP contribution in [-0.2, 0) is 71.5 Å². The summed E-state index contributed by atoms with van der Waals surface area (Å²) >= 11 is 0. The largest absolute Gasteiger partial charge is 0.471 e. The van der Waals surface area contributed by atoms with Crippen molar-refractivity contribution < 1.29 is 86.0 Å². The van der Waals surface area contributed by atoms with Crippen molar-refractivity contribution in [2.75, 3.05) is 13.7 Å². The molecule has 2 fully saturated rings. The van der Waals surface area contributed by atoms with E-state index in [-0.39, 0.29) is 23.5 Å². The van der Waals surface area contributed by atoms with Crippen LogP contribution < -0.4 is 9.47 Å². The first-order chi connectivity index (χ1) is 25.4. The first-order valence-electron chi connectivity index (χ1n) is 16.7. The maximum Gasteiger partial charge on any atom is 0.337 e. The number of esters is 7. The van der Waals surface area contributed by atoms with E-state index in [1.165, 1.54) is 38.3 Å². The SMILES string of the molecule is COC(=O)C1=CO[C@@H](O[C@@H]2O[C@H](COC(=O)/C=C/c3ccc(OC(C)=O)c(OC(C)=O)c3)[C@@H](OC(C)=O)[C@H](OC(C)=O)[C@H]2OC(C)=O)[C@H]2[C@@H]1CC[C@]2(C)O. The predicted molar refractivity (Wildman–Crippen MR) is 177 cm³/mol. The highest BCUT2D eigenvalue weighted by Crippen LogP contribution is 2.50. The van der Waals surface area contributed by atoms with Crippen molar-refractivity contribution in [1.82, 2.24) is 0 Å². The van der Waals surface area contributed by atoms with Crippen molar-refractivity contribution in [2.45, 2.75) is 97.0 Å². The molecule has 1 N–H and O–H groups in total. The average molecular weight is 763 g/mol. The fourth-order valence-corrected chi connectivity index (χ4v) is 6.52. The highest BCUT2D eigenvalue weighted by atomic mass is 16.8. The Balaban J connectivity index is 1.62. The molecule has 2 heterocycles. The molecule has 0 spiro atoms. The Kier molecular flexibility index (Phi) is 13.6. The predicted octanol–water partition coefficient (Wildman–Crippen LogP) is 1.82. The minimum absolute atomic E-state index is 0.0276. The maximum atomic E-state index is 12.9. The summed E-state index contributed by atoms with van der Waals surface area (Å²) in [5, 5.41) is 11.3. The van der Waals surface area contributed by atoms with Crippen LogP contribution in [0.3, 0.4) is 0 Å². The quantitative estimate of drug-likeness (QED) is 0.138. The number of rotatable bonds is 12. The minimum Gasteiger partial charge on any atom is -0.471 e. The van der Waals surface area contributed by atoms with Gasteiger partial charge < -0.3 is 52.5 Å². The second-order valence-corrected chi connectivity index (χ2v) is 12.9. The molecule has 18 nitrogen and oxygen atoms in total. The lowest BCUT2D eigenvalue weighted by Crippen LogP contribution is -2.64. The van der Waals surface area contributed by atoms with Crippen molar-refractivity contribution in [2.24, 2.45) is 11.8 Å². The Hall–Kier alpha value is -5.33. The van der Waals surface area contributed by atoms with Gasteiger partial charge in [-0.05, 0) is 43.5 Å². The Morgan fingerprint density at radius 1 is 0.833 bits per heavy atom. The van der Waals surface area contributed by atoms with Crippen LogP contribution in [0.5, 0.6) is 11.5 Å². The fraction of sp³-hybridized carbons (Fsp3) is 0.528. The first-order valence-corrected chi connectivity index (χ1v) is 16.7. The summed E-state index contributed by atoms with van der Waals surface area (Å²) in [4.78, 5) is 85.4. The van der Waals surface area contributed by atoms with E-state index >= 15 is 0 Å². The van der Waals surface area contributed by atoms with Crippen LogP contribution in [0.25, 0.3) is 6.08 Å². The molecule has 294 valence electrons. The number of ether oxygens (including phenoxy) is 10. The third-order valence-electron chi connectivity index (χ3n) is 8.60. The molecule has 0 bridgehead atoms. The molecule has 0 aromatic heterocycles. The van der Waals surface area contributed by atoms with Gasteiger partial charge in [0, 0.05) is 46.6 Å². The monoisotopic (exact) mass is 762 g/mol. The smallest absolute Gasteiger partial charge is 0.337 e. The number of methoxy groups -OCH3 is 1. The zero-order chi connectivity index (χ0) is 39.9. The Bertz CT molecular complexity index is 1690. The summed E-state index contributed by atoms with van der Waals surface area (Å²) in [5.41, 5.74) is -0.892. The standard InChI is InChI=1S/C36H42O18/c1-17(37)48-25-10-8-22(14-26(25)49-18(2)38)9-11-28(42)46-16-27-30(50-19(3)39)31(51-20(4)40)32(52-21(5)41)35(53-27)54-34-29-23(12-13-36(29,6)44)24(15-47-34)33(43)45-7/h8-11,14-15,23,27,29-32,34-35,44H,12-13,16H2,1-7H3/b11-9+/t23-,27-,29-,30-,31+,32-,34+,35+,36+/m1/s1. The van der Waals surface area contributed by atoms with Gasteiger partial charge in [-0.2, -0.15) is 0 Å². The van der Waals surface area contributed by atoms with Crippen LogP contribution in [0.1, 0.15) is 59.9 Å². The lowest BCUT2D eigenvalue weighted by Gasteiger charge is -2.46. The minimum atomic E-state index is -1.64. The Morgan fingerprint density at radius 2 is 1.44 bits per heavy atom. The third kappa shape index (κ3) is 10.4. The van der Waals surface area contributed by atoms with Gasteiger partial charge in [0.15, 0.2) is 29.8 Å². The summed E-state index contributed by atoms with van der Waals surface area (Å²) in [7, 11) is 1.20. The van der Waals surface area contributed by atoms with E-state index in [0.29, 0.717) is 12.0 Å². The van der Waals surface area contributed by atoms with E-state index in [4.69, 9.17) is 47.4 Å². The second-order valence-electron chi connectivity index (χ2n) is 12.9. The van der Waals surface area contributed by atoms with Gasteiger partial charge in [0.05, 0.1) is 30.5 Å². The molecule has 1 aliphatic carbocycles. The van der Waals surface area contributed by atoms with Gasteiger partial charge in [0.25, 0.3) is 0 Å². The maximum absolute atomic E-state index is 12.9. The van der Waals surface area contributed by atoms with Gasteiger partial charge in [-0.3, -0.25) is 24.0 Å². The zero-order valence-corrected chi connectivity index (χ0v) is 30.6. The number of benzene rings is 1. The Morgan fingerprint density at radius 3 is 2.06 bits per heavy atom. The van der Waals surface area contributed by atoms with Gasteiger partial charge in [-0.1, -0.05) is 6.07 Å². The van der Waals surface area contributed by atoms with E-state index in [1.54, 1.807) is 6.92 Å². The van der Waals surface area contributed by atoms with Crippen molar-refractivity contribution >= 4 is 47.9 Å². The molecule has 1 saturated heterocycles. The fourth-order valence-electron chi connectivity index (χ4n) is 6.52. The van der Waals surface area contributed by atoms with Crippen LogP contribution in [0.15, 0.2) is 36.1 Å². The van der Waals surface area contributed by atoms with Gasteiger partial charge in [-0.15, -0.1) is 0 Å². The zero-order valence-electron chi connectivity index (χ0n) is 30.6. The summed E-state index contributed by atoms with van der Waals surface area (Å²) in [6.45, 7) is 6.44. The average Bonchev–Trinajstić information content (AvgIpc) is 3.40. The first kappa shape index (κ1) is 41.4. The van der Waals surface area contributed by atoms with E-state index < -0.39 is 103 Å². The second kappa shape index (κ2) is 17.7.